The molecular formula is C61H50N2. The van der Waals surface area contributed by atoms with Crippen molar-refractivity contribution in [1.29, 1.82) is 0 Å². The Morgan fingerprint density at radius 3 is 1.00 bits per heavy atom. The van der Waals surface area contributed by atoms with E-state index >= 15 is 0 Å². The maximum atomic E-state index is 2.45. The molecule has 0 aliphatic heterocycles. The van der Waals surface area contributed by atoms with Gasteiger partial charge in [-0.25, -0.2) is 0 Å². The van der Waals surface area contributed by atoms with Crippen molar-refractivity contribution in [2.24, 2.45) is 11.8 Å². The third kappa shape index (κ3) is 8.62. The van der Waals surface area contributed by atoms with Gasteiger partial charge in [0.15, 0.2) is 0 Å². The van der Waals surface area contributed by atoms with Gasteiger partial charge >= 0.3 is 0 Å². The second-order valence-corrected chi connectivity index (χ2v) is 16.5. The zero-order valence-corrected chi connectivity index (χ0v) is 35.6. The Balaban J connectivity index is 0.954. The van der Waals surface area contributed by atoms with E-state index in [1.165, 1.54) is 55.8 Å². The smallest absolute Gasteiger partial charge is 0.0462 e. The maximum absolute atomic E-state index is 2.45. The topological polar surface area (TPSA) is 6.48 Å². The molecule has 2 nitrogen and oxygen atoms in total. The molecule has 0 radical (unpaired) electrons. The summed E-state index contributed by atoms with van der Waals surface area (Å²) in [5, 5.41) is 0. The van der Waals surface area contributed by atoms with Gasteiger partial charge in [0.25, 0.3) is 0 Å². The summed E-state index contributed by atoms with van der Waals surface area (Å²) in [6, 6.07) is 76.5. The molecule has 0 fully saturated rings. The van der Waals surface area contributed by atoms with Crippen LogP contribution in [0.2, 0.25) is 0 Å². The number of anilines is 5. The normalized spacial score (nSPS) is 15.6. The number of hydrogen-bond acceptors (Lipinski definition) is 2. The summed E-state index contributed by atoms with van der Waals surface area (Å²) in [5.41, 5.74) is 17.8. The molecule has 8 aromatic carbocycles. The molecule has 0 aromatic heterocycles. The highest BCUT2D eigenvalue weighted by atomic mass is 15.1. The molecule has 2 aliphatic rings. The summed E-state index contributed by atoms with van der Waals surface area (Å²) in [6.45, 7) is 2.35. The van der Waals surface area contributed by atoms with Crippen molar-refractivity contribution in [1.82, 2.24) is 0 Å². The van der Waals surface area contributed by atoms with Crippen LogP contribution in [-0.4, -0.2) is 0 Å². The van der Waals surface area contributed by atoms with Crippen molar-refractivity contribution >= 4 is 28.4 Å². The van der Waals surface area contributed by atoms with E-state index in [-0.39, 0.29) is 0 Å². The highest BCUT2D eigenvalue weighted by Gasteiger charge is 2.24. The molecule has 0 saturated heterocycles. The van der Waals surface area contributed by atoms with Gasteiger partial charge in [-0.3, -0.25) is 0 Å². The zero-order chi connectivity index (χ0) is 42.4. The molecule has 10 rings (SSSR count). The largest absolute Gasteiger partial charge is 0.311 e. The van der Waals surface area contributed by atoms with E-state index in [1.807, 2.05) is 0 Å². The predicted octanol–water partition coefficient (Wildman–Crippen LogP) is 16.9. The third-order valence-corrected chi connectivity index (χ3v) is 12.4. The van der Waals surface area contributed by atoms with Crippen LogP contribution in [0.4, 0.5) is 28.4 Å². The van der Waals surface area contributed by atoms with Crippen LogP contribution in [-0.2, 0) is 0 Å². The van der Waals surface area contributed by atoms with Crippen molar-refractivity contribution in [3.63, 3.8) is 0 Å². The van der Waals surface area contributed by atoms with E-state index in [1.54, 1.807) is 0 Å². The highest BCUT2D eigenvalue weighted by molar-refractivity contribution is 5.82. The molecule has 1 unspecified atom stereocenters. The molecule has 0 bridgehead atoms. The molecule has 8 aromatic rings. The number of rotatable bonds is 11. The lowest BCUT2D eigenvalue weighted by molar-refractivity contribution is 0.576. The minimum absolute atomic E-state index is 0.367. The minimum atomic E-state index is 0.367. The first-order chi connectivity index (χ1) is 31.1. The van der Waals surface area contributed by atoms with Gasteiger partial charge in [0, 0.05) is 40.1 Å². The van der Waals surface area contributed by atoms with Gasteiger partial charge in [0.05, 0.1) is 0 Å². The molecule has 0 saturated carbocycles. The monoisotopic (exact) mass is 810 g/mol. The number of hydrogen-bond donors (Lipinski definition) is 0. The lowest BCUT2D eigenvalue weighted by Gasteiger charge is -2.32. The molecule has 63 heavy (non-hydrogen) atoms. The van der Waals surface area contributed by atoms with Crippen molar-refractivity contribution in [3.05, 3.63) is 260 Å². The molecule has 0 N–H and O–H groups in total. The summed E-state index contributed by atoms with van der Waals surface area (Å²) in [6.07, 6.45) is 16.5. The SMILES string of the molecule is C[C@@H]1C=C(N(c2ccc(-c3ccccc3)cc2)c2ccc(-c3ccc(N(c4ccc(-c5ccccc5)cc4)c4ccc(-c5ccccc5)cc4)cc3)cc2)C=CC1C1=CCCC=C1. The first-order valence-corrected chi connectivity index (χ1v) is 22.2. The van der Waals surface area contributed by atoms with Gasteiger partial charge < -0.3 is 9.80 Å². The van der Waals surface area contributed by atoms with Gasteiger partial charge in [0.1, 0.15) is 0 Å². The maximum Gasteiger partial charge on any atom is 0.0462 e. The fourth-order valence-electron chi connectivity index (χ4n) is 9.05. The average Bonchev–Trinajstić information content (AvgIpc) is 3.36. The standard InChI is InChI=1S/C61H50N2/c1-45-44-60(42-43-61(45)54-20-12-5-13-21-54)63(58-38-26-51(27-39-58)48-18-10-4-11-19-48)59-40-30-53(31-41-59)52-28-36-57(37-29-52)62(55-32-22-49(23-33-55)46-14-6-2-7-15-46)56-34-24-50(25-35-56)47-16-8-3-9-17-47/h2-4,6-12,14-45,61H,5,13H2,1H3/t45-,61?/m1/s1. The van der Waals surface area contributed by atoms with E-state index in [4.69, 9.17) is 0 Å². The second kappa shape index (κ2) is 18.1. The summed E-state index contributed by atoms with van der Waals surface area (Å²) in [7, 11) is 0. The molecule has 2 atom stereocenters. The van der Waals surface area contributed by atoms with Crippen LogP contribution in [0, 0.1) is 11.8 Å². The summed E-state index contributed by atoms with van der Waals surface area (Å²) >= 11 is 0. The van der Waals surface area contributed by atoms with Crippen LogP contribution in [0.3, 0.4) is 0 Å². The minimum Gasteiger partial charge on any atom is -0.311 e. The van der Waals surface area contributed by atoms with Gasteiger partial charge in [0.2, 0.25) is 0 Å². The van der Waals surface area contributed by atoms with E-state index in [2.05, 4.69) is 266 Å². The van der Waals surface area contributed by atoms with E-state index in [9.17, 15) is 0 Å². The van der Waals surface area contributed by atoms with Crippen LogP contribution in [0.25, 0.3) is 44.5 Å². The number of allylic oxidation sites excluding steroid dienone is 7. The van der Waals surface area contributed by atoms with Crippen molar-refractivity contribution in [3.8, 4) is 44.5 Å². The van der Waals surface area contributed by atoms with Crippen LogP contribution in [0.1, 0.15) is 19.8 Å². The van der Waals surface area contributed by atoms with Crippen molar-refractivity contribution in [2.75, 3.05) is 9.80 Å². The lowest BCUT2D eigenvalue weighted by atomic mass is 9.81. The zero-order valence-electron chi connectivity index (χ0n) is 35.6. The van der Waals surface area contributed by atoms with Crippen LogP contribution in [0.15, 0.2) is 260 Å². The molecule has 2 heteroatoms. The van der Waals surface area contributed by atoms with E-state index in [0.717, 1.165) is 41.3 Å². The first kappa shape index (κ1) is 39.5. The summed E-state index contributed by atoms with van der Waals surface area (Å²) < 4.78 is 0. The second-order valence-electron chi connectivity index (χ2n) is 16.5. The van der Waals surface area contributed by atoms with Gasteiger partial charge in [-0.1, -0.05) is 189 Å². The average molecular weight is 811 g/mol. The molecule has 0 heterocycles. The van der Waals surface area contributed by atoms with Crippen LogP contribution >= 0.6 is 0 Å². The Morgan fingerprint density at radius 2 is 0.683 bits per heavy atom. The summed E-state index contributed by atoms with van der Waals surface area (Å²) in [4.78, 5) is 4.75. The summed E-state index contributed by atoms with van der Waals surface area (Å²) in [5.74, 6) is 0.752. The highest BCUT2D eigenvalue weighted by Crippen LogP contribution is 2.41. The lowest BCUT2D eigenvalue weighted by Crippen LogP contribution is -2.21. The Hall–Kier alpha value is -7.68. The Morgan fingerprint density at radius 1 is 0.349 bits per heavy atom. The van der Waals surface area contributed by atoms with Crippen LogP contribution in [0.5, 0.6) is 0 Å². The van der Waals surface area contributed by atoms with Gasteiger partial charge in [-0.2, -0.15) is 0 Å². The number of benzene rings is 8. The molecule has 0 spiro atoms. The first-order valence-electron chi connectivity index (χ1n) is 22.2. The quantitative estimate of drug-likeness (QED) is 0.128. The van der Waals surface area contributed by atoms with E-state index < -0.39 is 0 Å². The van der Waals surface area contributed by atoms with Crippen molar-refractivity contribution in [2.45, 2.75) is 19.8 Å². The Kier molecular flexibility index (Phi) is 11.3. The van der Waals surface area contributed by atoms with E-state index in [0.29, 0.717) is 11.8 Å². The Bertz CT molecular complexity index is 2810. The molecule has 304 valence electrons. The third-order valence-electron chi connectivity index (χ3n) is 12.4. The Labute approximate surface area is 372 Å². The molecule has 2 aliphatic carbocycles. The van der Waals surface area contributed by atoms with Gasteiger partial charge in [-0.05, 0) is 136 Å². The fourth-order valence-corrected chi connectivity index (χ4v) is 9.05. The van der Waals surface area contributed by atoms with Crippen molar-refractivity contribution < 1.29 is 0 Å². The number of nitrogens with zero attached hydrogens (tertiary/aromatic N) is 2. The predicted molar refractivity (Wildman–Crippen MR) is 268 cm³/mol. The van der Waals surface area contributed by atoms with Gasteiger partial charge in [-0.15, -0.1) is 0 Å². The van der Waals surface area contributed by atoms with Crippen LogP contribution < -0.4 is 9.80 Å². The molecular weight excluding hydrogens is 761 g/mol. The molecule has 0 amide bonds. The fraction of sp³-hybridized carbons (Fsp3) is 0.0820.